The molecule has 2 aliphatic rings. The van der Waals surface area contributed by atoms with E-state index >= 15 is 0 Å². The summed E-state index contributed by atoms with van der Waals surface area (Å²) in [7, 11) is 0. The van der Waals surface area contributed by atoms with Gasteiger partial charge in [0.05, 0.1) is 0 Å². The third kappa shape index (κ3) is 4.17. The molecule has 1 aromatic carbocycles. The Balaban J connectivity index is 1.46. The summed E-state index contributed by atoms with van der Waals surface area (Å²) in [6.45, 7) is 7.80. The molecule has 164 valence electrons. The zero-order chi connectivity index (χ0) is 22.4. The maximum atomic E-state index is 13.2. The number of carbonyl (C=O) groups is 3. The molecule has 1 saturated heterocycles. The molecule has 1 aromatic heterocycles. The Kier molecular flexibility index (Phi) is 5.07. The number of hydrogen-bond acceptors (Lipinski definition) is 5. The molecule has 1 aliphatic heterocycles. The molecule has 3 N–H and O–H groups in total. The third-order valence-corrected chi connectivity index (χ3v) is 5.93. The fourth-order valence-electron chi connectivity index (χ4n) is 5.20. The van der Waals surface area contributed by atoms with Gasteiger partial charge in [-0.15, -0.1) is 0 Å². The number of nitrogens with one attached hydrogen (secondary N) is 3. The summed E-state index contributed by atoms with van der Waals surface area (Å²) in [6.07, 6.45) is 2.17. The number of hydrogen-bond donors (Lipinski definition) is 3. The van der Waals surface area contributed by atoms with Crippen molar-refractivity contribution in [3.63, 3.8) is 0 Å². The number of aryl methyl sites for hydroxylation is 1. The predicted octanol–water partition coefficient (Wildman–Crippen LogP) is 2.86. The quantitative estimate of drug-likeness (QED) is 0.652. The zero-order valence-electron chi connectivity index (χ0n) is 18.3. The molecule has 9 heteroatoms. The molecule has 1 spiro atoms. The van der Waals surface area contributed by atoms with Crippen LogP contribution in [0.15, 0.2) is 24.3 Å². The predicted molar refractivity (Wildman–Crippen MR) is 115 cm³/mol. The standard InChI is InChI=1S/C22H28N6O3/c1-13-9-21(3,4)12-22(10-13)19(30)28(20(31)25-22)11-17(29)24-16-7-5-6-15(8-16)18-23-14(2)26-27-18/h5-8,13H,9-12H2,1-4H3,(H,24,29)(H,25,31)(H,23,26,27)/t13-,22-/m1/s1. The number of benzene rings is 1. The van der Waals surface area contributed by atoms with Gasteiger partial charge in [-0.3, -0.25) is 19.6 Å². The van der Waals surface area contributed by atoms with Crippen molar-refractivity contribution in [3.05, 3.63) is 30.1 Å². The van der Waals surface area contributed by atoms with Gasteiger partial charge in [0.25, 0.3) is 5.91 Å². The van der Waals surface area contributed by atoms with Gasteiger partial charge < -0.3 is 10.6 Å². The Bertz CT molecular complexity index is 1050. The second-order valence-corrected chi connectivity index (χ2v) is 9.63. The molecule has 2 aromatic rings. The molecular formula is C22H28N6O3. The van der Waals surface area contributed by atoms with E-state index in [1.807, 2.05) is 6.07 Å². The van der Waals surface area contributed by atoms with Crippen molar-refractivity contribution in [2.24, 2.45) is 11.3 Å². The lowest BCUT2D eigenvalue weighted by Crippen LogP contribution is -2.54. The van der Waals surface area contributed by atoms with Gasteiger partial charge in [0.1, 0.15) is 17.9 Å². The Labute approximate surface area is 181 Å². The summed E-state index contributed by atoms with van der Waals surface area (Å²) in [5.74, 6) is 0.781. The summed E-state index contributed by atoms with van der Waals surface area (Å²) in [4.78, 5) is 43.8. The largest absolute Gasteiger partial charge is 0.325 e. The van der Waals surface area contributed by atoms with Gasteiger partial charge in [0, 0.05) is 11.3 Å². The molecule has 4 rings (SSSR count). The van der Waals surface area contributed by atoms with Crippen LogP contribution in [0.2, 0.25) is 0 Å². The topological polar surface area (TPSA) is 120 Å². The molecule has 0 radical (unpaired) electrons. The summed E-state index contributed by atoms with van der Waals surface area (Å²) < 4.78 is 0. The molecule has 31 heavy (non-hydrogen) atoms. The number of H-pyrrole nitrogens is 1. The molecule has 2 fully saturated rings. The minimum Gasteiger partial charge on any atom is -0.325 e. The first kappa shape index (κ1) is 21.0. The van der Waals surface area contributed by atoms with Crippen LogP contribution < -0.4 is 10.6 Å². The monoisotopic (exact) mass is 424 g/mol. The maximum absolute atomic E-state index is 13.2. The van der Waals surface area contributed by atoms with Crippen molar-refractivity contribution >= 4 is 23.5 Å². The van der Waals surface area contributed by atoms with E-state index in [2.05, 4.69) is 46.6 Å². The molecule has 9 nitrogen and oxygen atoms in total. The van der Waals surface area contributed by atoms with Crippen LogP contribution in [0, 0.1) is 18.3 Å². The van der Waals surface area contributed by atoms with Crippen molar-refractivity contribution < 1.29 is 14.4 Å². The number of nitrogens with zero attached hydrogens (tertiary/aromatic N) is 3. The highest BCUT2D eigenvalue weighted by Crippen LogP contribution is 2.46. The highest BCUT2D eigenvalue weighted by molar-refractivity contribution is 6.10. The summed E-state index contributed by atoms with van der Waals surface area (Å²) in [5.41, 5.74) is 0.313. The van der Waals surface area contributed by atoms with E-state index in [9.17, 15) is 14.4 Å². The first-order valence-corrected chi connectivity index (χ1v) is 10.5. The van der Waals surface area contributed by atoms with Crippen molar-refractivity contribution in [2.45, 2.75) is 52.5 Å². The van der Waals surface area contributed by atoms with Crippen LogP contribution in [0.5, 0.6) is 0 Å². The van der Waals surface area contributed by atoms with Crippen LogP contribution >= 0.6 is 0 Å². The normalized spacial score (nSPS) is 25.0. The Morgan fingerprint density at radius 2 is 2.06 bits per heavy atom. The number of carbonyl (C=O) groups excluding carboxylic acids is 3. The SMILES string of the molecule is Cc1nc(-c2cccc(NC(=O)CN3C(=O)N[C@@]4(C[C@H](C)CC(C)(C)C4)C3=O)c2)n[nH]1. The lowest BCUT2D eigenvalue weighted by molar-refractivity contribution is -0.136. The van der Waals surface area contributed by atoms with Gasteiger partial charge in [-0.1, -0.05) is 32.9 Å². The number of rotatable bonds is 4. The smallest absolute Gasteiger partial charge is 0.325 e. The van der Waals surface area contributed by atoms with E-state index in [0.29, 0.717) is 36.1 Å². The maximum Gasteiger partial charge on any atom is 0.325 e. The van der Waals surface area contributed by atoms with Crippen molar-refractivity contribution in [1.29, 1.82) is 0 Å². The van der Waals surface area contributed by atoms with E-state index in [0.717, 1.165) is 16.9 Å². The van der Waals surface area contributed by atoms with E-state index in [4.69, 9.17) is 0 Å². The molecule has 2 heterocycles. The number of amides is 4. The molecule has 0 unspecified atom stereocenters. The molecule has 1 saturated carbocycles. The molecular weight excluding hydrogens is 396 g/mol. The number of urea groups is 1. The number of aromatic amines is 1. The molecule has 1 aliphatic carbocycles. The fraction of sp³-hybridized carbons (Fsp3) is 0.500. The summed E-state index contributed by atoms with van der Waals surface area (Å²) in [5, 5.41) is 12.6. The first-order chi connectivity index (χ1) is 14.6. The highest BCUT2D eigenvalue weighted by atomic mass is 16.2. The van der Waals surface area contributed by atoms with Crippen molar-refractivity contribution in [3.8, 4) is 11.4 Å². The average molecular weight is 425 g/mol. The summed E-state index contributed by atoms with van der Waals surface area (Å²) in [6, 6.07) is 6.60. The van der Waals surface area contributed by atoms with Gasteiger partial charge in [-0.05, 0) is 49.7 Å². The van der Waals surface area contributed by atoms with Gasteiger partial charge in [0.15, 0.2) is 5.82 Å². The Hall–Kier alpha value is -3.23. The molecule has 4 amide bonds. The zero-order valence-corrected chi connectivity index (χ0v) is 18.3. The van der Waals surface area contributed by atoms with Crippen molar-refractivity contribution in [1.82, 2.24) is 25.4 Å². The lowest BCUT2D eigenvalue weighted by atomic mass is 9.64. The van der Waals surface area contributed by atoms with Crippen LogP contribution in [0.4, 0.5) is 10.5 Å². The minimum absolute atomic E-state index is 0.0576. The number of imide groups is 1. The Morgan fingerprint density at radius 1 is 1.29 bits per heavy atom. The second kappa shape index (κ2) is 7.47. The average Bonchev–Trinajstić information content (AvgIpc) is 3.18. The van der Waals surface area contributed by atoms with E-state index < -0.39 is 17.5 Å². The van der Waals surface area contributed by atoms with E-state index in [-0.39, 0.29) is 17.9 Å². The Morgan fingerprint density at radius 3 is 2.74 bits per heavy atom. The van der Waals surface area contributed by atoms with Crippen LogP contribution in [0.1, 0.15) is 45.9 Å². The number of anilines is 1. The third-order valence-electron chi connectivity index (χ3n) is 5.93. The second-order valence-electron chi connectivity index (χ2n) is 9.63. The fourth-order valence-corrected chi connectivity index (χ4v) is 5.20. The van der Waals surface area contributed by atoms with Gasteiger partial charge in [-0.25, -0.2) is 9.78 Å². The van der Waals surface area contributed by atoms with Crippen LogP contribution in [0.3, 0.4) is 0 Å². The summed E-state index contributed by atoms with van der Waals surface area (Å²) >= 11 is 0. The van der Waals surface area contributed by atoms with E-state index in [1.165, 1.54) is 0 Å². The van der Waals surface area contributed by atoms with Gasteiger partial charge in [0.2, 0.25) is 5.91 Å². The lowest BCUT2D eigenvalue weighted by Gasteiger charge is -2.43. The number of aromatic nitrogens is 3. The molecule has 0 bridgehead atoms. The van der Waals surface area contributed by atoms with E-state index in [1.54, 1.807) is 25.1 Å². The van der Waals surface area contributed by atoms with Crippen LogP contribution in [-0.2, 0) is 9.59 Å². The van der Waals surface area contributed by atoms with Gasteiger partial charge >= 0.3 is 6.03 Å². The molecule has 2 atom stereocenters. The minimum atomic E-state index is -0.915. The highest BCUT2D eigenvalue weighted by Gasteiger charge is 2.56. The van der Waals surface area contributed by atoms with Crippen LogP contribution in [0.25, 0.3) is 11.4 Å². The van der Waals surface area contributed by atoms with Crippen LogP contribution in [-0.4, -0.2) is 50.0 Å². The van der Waals surface area contributed by atoms with Gasteiger partial charge in [-0.2, -0.15) is 5.10 Å². The van der Waals surface area contributed by atoms with Crippen molar-refractivity contribution in [2.75, 3.05) is 11.9 Å². The first-order valence-electron chi connectivity index (χ1n) is 10.5.